The van der Waals surface area contributed by atoms with Crippen LogP contribution in [0, 0.1) is 6.92 Å². The molecular weight excluding hydrogens is 311 g/mol. The van der Waals surface area contributed by atoms with Gasteiger partial charge in [-0.2, -0.15) is 13.2 Å². The van der Waals surface area contributed by atoms with Gasteiger partial charge in [-0.15, -0.1) is 11.3 Å². The van der Waals surface area contributed by atoms with Crippen molar-refractivity contribution in [2.75, 3.05) is 7.05 Å². The number of aryl methyl sites for hydroxylation is 1. The summed E-state index contributed by atoms with van der Waals surface area (Å²) < 4.78 is 37.5. The first-order chi connectivity index (χ1) is 10.3. The molecular formula is C16H16F3NOS. The van der Waals surface area contributed by atoms with E-state index < -0.39 is 11.7 Å². The molecule has 0 fully saturated rings. The van der Waals surface area contributed by atoms with Crippen LogP contribution in [0.2, 0.25) is 0 Å². The Kier molecular flexibility index (Phi) is 4.90. The lowest BCUT2D eigenvalue weighted by Crippen LogP contribution is -2.27. The molecule has 1 aromatic heterocycles. The number of benzene rings is 1. The van der Waals surface area contributed by atoms with Crippen LogP contribution in [0.4, 0.5) is 13.2 Å². The zero-order chi connectivity index (χ0) is 16.3. The van der Waals surface area contributed by atoms with Crippen molar-refractivity contribution in [3.63, 3.8) is 0 Å². The van der Waals surface area contributed by atoms with Gasteiger partial charge in [0.1, 0.15) is 0 Å². The Hall–Kier alpha value is -1.82. The maximum absolute atomic E-state index is 12.5. The highest BCUT2D eigenvalue weighted by Gasteiger charge is 2.30. The van der Waals surface area contributed by atoms with E-state index in [1.807, 2.05) is 18.4 Å². The molecule has 6 heteroatoms. The number of rotatable bonds is 4. The topological polar surface area (TPSA) is 20.3 Å². The van der Waals surface area contributed by atoms with Gasteiger partial charge in [0, 0.05) is 11.9 Å². The molecule has 118 valence electrons. The number of amides is 1. The molecule has 1 amide bonds. The smallest absolute Gasteiger partial charge is 0.340 e. The van der Waals surface area contributed by atoms with E-state index in [9.17, 15) is 18.0 Å². The molecule has 22 heavy (non-hydrogen) atoms. The molecule has 0 N–H and O–H groups in total. The van der Waals surface area contributed by atoms with Crippen molar-refractivity contribution in [3.05, 3.63) is 57.3 Å². The fourth-order valence-electron chi connectivity index (χ4n) is 1.99. The lowest BCUT2D eigenvalue weighted by molar-refractivity contribution is -0.137. The fourth-order valence-corrected chi connectivity index (χ4v) is 2.95. The Bertz CT molecular complexity index is 646. The molecule has 0 atom stereocenters. The van der Waals surface area contributed by atoms with Crippen LogP contribution in [0.15, 0.2) is 35.7 Å². The van der Waals surface area contributed by atoms with Crippen molar-refractivity contribution in [2.45, 2.75) is 26.1 Å². The minimum absolute atomic E-state index is 0.0963. The molecule has 1 heterocycles. The summed E-state index contributed by atoms with van der Waals surface area (Å²) in [6, 6.07) is 6.71. The van der Waals surface area contributed by atoms with Crippen LogP contribution < -0.4 is 0 Å². The SMILES string of the molecule is Cc1ccsc1CN(C)C(=O)Cc1ccc(C(F)(F)F)cc1. The molecule has 0 saturated carbocycles. The monoisotopic (exact) mass is 327 g/mol. The predicted octanol–water partition coefficient (Wildman–Crippen LogP) is 4.28. The highest BCUT2D eigenvalue weighted by Crippen LogP contribution is 2.29. The Morgan fingerprint density at radius 1 is 1.18 bits per heavy atom. The van der Waals surface area contributed by atoms with Crippen LogP contribution in [-0.4, -0.2) is 17.9 Å². The Morgan fingerprint density at radius 3 is 2.32 bits per heavy atom. The van der Waals surface area contributed by atoms with E-state index in [0.717, 1.165) is 22.6 Å². The second-order valence-corrected chi connectivity index (χ2v) is 6.15. The highest BCUT2D eigenvalue weighted by molar-refractivity contribution is 7.10. The average Bonchev–Trinajstić information content (AvgIpc) is 2.84. The number of alkyl halides is 3. The van der Waals surface area contributed by atoms with Crippen molar-refractivity contribution < 1.29 is 18.0 Å². The fraction of sp³-hybridized carbons (Fsp3) is 0.312. The van der Waals surface area contributed by atoms with Crippen LogP contribution >= 0.6 is 11.3 Å². The van der Waals surface area contributed by atoms with E-state index in [1.165, 1.54) is 12.1 Å². The number of hydrogen-bond acceptors (Lipinski definition) is 2. The van der Waals surface area contributed by atoms with Gasteiger partial charge in [0.05, 0.1) is 18.5 Å². The summed E-state index contributed by atoms with van der Waals surface area (Å²) in [6.45, 7) is 2.50. The first-order valence-electron chi connectivity index (χ1n) is 6.70. The summed E-state index contributed by atoms with van der Waals surface area (Å²) in [5.41, 5.74) is 1.01. The third kappa shape index (κ3) is 4.10. The number of carbonyl (C=O) groups is 1. The number of carbonyl (C=O) groups excluding carboxylic acids is 1. The lowest BCUT2D eigenvalue weighted by atomic mass is 10.1. The molecule has 2 aromatic rings. The molecule has 0 saturated heterocycles. The van der Waals surface area contributed by atoms with Gasteiger partial charge in [0.15, 0.2) is 0 Å². The summed E-state index contributed by atoms with van der Waals surface area (Å²) in [5.74, 6) is -0.118. The Balaban J connectivity index is 1.98. The highest BCUT2D eigenvalue weighted by atomic mass is 32.1. The molecule has 2 nitrogen and oxygen atoms in total. The largest absolute Gasteiger partial charge is 0.416 e. The minimum atomic E-state index is -4.35. The lowest BCUT2D eigenvalue weighted by Gasteiger charge is -2.17. The number of halogens is 3. The van der Waals surface area contributed by atoms with Gasteiger partial charge >= 0.3 is 6.18 Å². The first-order valence-corrected chi connectivity index (χ1v) is 7.58. The van der Waals surface area contributed by atoms with Crippen molar-refractivity contribution in [2.24, 2.45) is 0 Å². The van der Waals surface area contributed by atoms with Gasteiger partial charge in [0.2, 0.25) is 5.91 Å². The van der Waals surface area contributed by atoms with E-state index in [1.54, 1.807) is 23.3 Å². The maximum atomic E-state index is 12.5. The van der Waals surface area contributed by atoms with Crippen molar-refractivity contribution in [1.82, 2.24) is 4.90 Å². The van der Waals surface area contributed by atoms with Crippen LogP contribution in [0.5, 0.6) is 0 Å². The minimum Gasteiger partial charge on any atom is -0.340 e. The van der Waals surface area contributed by atoms with E-state index in [0.29, 0.717) is 12.1 Å². The van der Waals surface area contributed by atoms with Gasteiger partial charge in [-0.05, 0) is 41.6 Å². The average molecular weight is 327 g/mol. The second kappa shape index (κ2) is 6.52. The molecule has 1 aromatic carbocycles. The summed E-state index contributed by atoms with van der Waals surface area (Å²) in [4.78, 5) is 14.8. The zero-order valence-electron chi connectivity index (χ0n) is 12.3. The molecule has 0 radical (unpaired) electrons. The Labute approximate surface area is 131 Å². The van der Waals surface area contributed by atoms with E-state index in [2.05, 4.69) is 0 Å². The summed E-state index contributed by atoms with van der Waals surface area (Å²) in [5, 5.41) is 1.97. The molecule has 2 rings (SSSR count). The molecule has 0 unspecified atom stereocenters. The summed E-state index contributed by atoms with van der Waals surface area (Å²) in [7, 11) is 1.70. The van der Waals surface area contributed by atoms with Crippen LogP contribution in [0.3, 0.4) is 0 Å². The van der Waals surface area contributed by atoms with E-state index in [-0.39, 0.29) is 12.3 Å². The van der Waals surface area contributed by atoms with Gasteiger partial charge in [-0.1, -0.05) is 12.1 Å². The van der Waals surface area contributed by atoms with Gasteiger partial charge in [0.25, 0.3) is 0 Å². The second-order valence-electron chi connectivity index (χ2n) is 5.15. The summed E-state index contributed by atoms with van der Waals surface area (Å²) >= 11 is 1.59. The molecule has 0 bridgehead atoms. The standard InChI is InChI=1S/C16H16F3NOS/c1-11-7-8-22-14(11)10-20(2)15(21)9-12-3-5-13(6-4-12)16(17,18)19/h3-8H,9-10H2,1-2H3. The van der Waals surface area contributed by atoms with Crippen LogP contribution in [-0.2, 0) is 23.9 Å². The number of likely N-dealkylation sites (N-methyl/N-ethyl adjacent to an activating group) is 1. The van der Waals surface area contributed by atoms with Crippen molar-refractivity contribution in [1.29, 1.82) is 0 Å². The molecule has 0 aliphatic rings. The first kappa shape index (κ1) is 16.5. The van der Waals surface area contributed by atoms with Gasteiger partial charge < -0.3 is 4.90 Å². The number of nitrogens with zero attached hydrogens (tertiary/aromatic N) is 1. The third-order valence-corrected chi connectivity index (χ3v) is 4.42. The van der Waals surface area contributed by atoms with Crippen LogP contribution in [0.25, 0.3) is 0 Å². The maximum Gasteiger partial charge on any atom is 0.416 e. The molecule has 0 aliphatic carbocycles. The van der Waals surface area contributed by atoms with Gasteiger partial charge in [-0.3, -0.25) is 4.79 Å². The quantitative estimate of drug-likeness (QED) is 0.821. The van der Waals surface area contributed by atoms with Gasteiger partial charge in [-0.25, -0.2) is 0 Å². The van der Waals surface area contributed by atoms with Crippen molar-refractivity contribution >= 4 is 17.2 Å². The number of hydrogen-bond donors (Lipinski definition) is 0. The number of thiophene rings is 1. The van der Waals surface area contributed by atoms with Crippen LogP contribution in [0.1, 0.15) is 21.6 Å². The molecule has 0 spiro atoms. The zero-order valence-corrected chi connectivity index (χ0v) is 13.1. The third-order valence-electron chi connectivity index (χ3n) is 3.41. The van der Waals surface area contributed by atoms with Crippen molar-refractivity contribution in [3.8, 4) is 0 Å². The normalized spacial score (nSPS) is 11.5. The summed E-state index contributed by atoms with van der Waals surface area (Å²) in [6.07, 6.45) is -4.25. The Morgan fingerprint density at radius 2 is 1.82 bits per heavy atom. The molecule has 0 aliphatic heterocycles. The predicted molar refractivity (Wildman–Crippen MR) is 80.7 cm³/mol. The van der Waals surface area contributed by atoms with E-state index >= 15 is 0 Å². The van der Waals surface area contributed by atoms with E-state index in [4.69, 9.17) is 0 Å².